The van der Waals surface area contributed by atoms with E-state index >= 15 is 0 Å². The van der Waals surface area contributed by atoms with Gasteiger partial charge < -0.3 is 9.47 Å². The minimum absolute atomic E-state index is 0.347. The molecule has 0 saturated carbocycles. The first-order valence-electron chi connectivity index (χ1n) is 8.31. The van der Waals surface area contributed by atoms with Gasteiger partial charge in [0.05, 0.1) is 18.8 Å². The number of carbonyl (C=O) groups is 1. The molecule has 6 heteroatoms. The maximum absolute atomic E-state index is 12.0. The van der Waals surface area contributed by atoms with Crippen LogP contribution in [-0.4, -0.2) is 34.6 Å². The summed E-state index contributed by atoms with van der Waals surface area (Å²) in [6, 6.07) is 11.2. The van der Waals surface area contributed by atoms with E-state index in [1.54, 1.807) is 18.2 Å². The van der Waals surface area contributed by atoms with Crippen LogP contribution in [0.4, 0.5) is 0 Å². The number of ether oxygens (including phenoxy) is 2. The van der Waals surface area contributed by atoms with Gasteiger partial charge in [0.2, 0.25) is 0 Å². The molecular formula is C19H21N3O3. The van der Waals surface area contributed by atoms with E-state index in [4.69, 9.17) is 9.47 Å². The highest BCUT2D eigenvalue weighted by Gasteiger charge is 2.09. The molecule has 0 aliphatic carbocycles. The monoisotopic (exact) mass is 339 g/mol. The van der Waals surface area contributed by atoms with Gasteiger partial charge in [0.15, 0.2) is 0 Å². The lowest BCUT2D eigenvalue weighted by Gasteiger charge is -2.10. The molecule has 0 spiro atoms. The summed E-state index contributed by atoms with van der Waals surface area (Å²) in [5.41, 5.74) is 4.21. The van der Waals surface area contributed by atoms with E-state index in [2.05, 4.69) is 28.4 Å². The summed E-state index contributed by atoms with van der Waals surface area (Å²) >= 11 is 0. The molecular weight excluding hydrogens is 318 g/mol. The molecule has 0 bridgehead atoms. The molecule has 0 aliphatic heterocycles. The van der Waals surface area contributed by atoms with Crippen LogP contribution in [0.2, 0.25) is 0 Å². The van der Waals surface area contributed by atoms with Crippen molar-refractivity contribution in [1.29, 1.82) is 0 Å². The third-order valence-corrected chi connectivity index (χ3v) is 3.91. The molecule has 0 aliphatic rings. The standard InChI is InChI=1S/C19H21N3O3/c1-13-5-8-18(14(2)11-13)24-9-3-4-10-25-19(23)15-6-7-16-17(12-15)21-22-20-16/h5-8,11-12H,3-4,9-10H2,1-2H3,(H,20,21,22). The molecule has 0 unspecified atom stereocenters. The zero-order valence-electron chi connectivity index (χ0n) is 14.4. The fourth-order valence-corrected chi connectivity index (χ4v) is 2.56. The van der Waals surface area contributed by atoms with Crippen LogP contribution in [-0.2, 0) is 4.74 Å². The van der Waals surface area contributed by atoms with E-state index in [-0.39, 0.29) is 5.97 Å². The second-order valence-electron chi connectivity index (χ2n) is 5.99. The summed E-state index contributed by atoms with van der Waals surface area (Å²) in [7, 11) is 0. The van der Waals surface area contributed by atoms with Crippen molar-refractivity contribution < 1.29 is 14.3 Å². The predicted octanol–water partition coefficient (Wildman–Crippen LogP) is 3.59. The van der Waals surface area contributed by atoms with E-state index in [0.717, 1.165) is 29.7 Å². The van der Waals surface area contributed by atoms with Crippen molar-refractivity contribution in [2.45, 2.75) is 26.7 Å². The Kier molecular flexibility index (Phi) is 5.28. The van der Waals surface area contributed by atoms with Crippen molar-refractivity contribution >= 4 is 17.0 Å². The zero-order valence-corrected chi connectivity index (χ0v) is 14.4. The minimum atomic E-state index is -0.347. The number of aromatic amines is 1. The molecule has 3 rings (SSSR count). The quantitative estimate of drug-likeness (QED) is 0.526. The Bertz CT molecular complexity index is 873. The van der Waals surface area contributed by atoms with Gasteiger partial charge in [0.1, 0.15) is 16.8 Å². The lowest BCUT2D eigenvalue weighted by molar-refractivity contribution is 0.0494. The molecule has 1 N–H and O–H groups in total. The number of aryl methyl sites for hydroxylation is 2. The number of esters is 1. The van der Waals surface area contributed by atoms with E-state index in [1.807, 2.05) is 19.1 Å². The molecule has 0 amide bonds. The first kappa shape index (κ1) is 17.0. The summed E-state index contributed by atoms with van der Waals surface area (Å²) in [4.78, 5) is 12.0. The number of fused-ring (bicyclic) bond motifs is 1. The molecule has 2 aromatic carbocycles. The number of hydrogen-bond acceptors (Lipinski definition) is 5. The highest BCUT2D eigenvalue weighted by atomic mass is 16.5. The second kappa shape index (κ2) is 7.79. The smallest absolute Gasteiger partial charge is 0.338 e. The van der Waals surface area contributed by atoms with E-state index < -0.39 is 0 Å². The molecule has 3 aromatic rings. The zero-order chi connectivity index (χ0) is 17.6. The third-order valence-electron chi connectivity index (χ3n) is 3.91. The van der Waals surface area contributed by atoms with Gasteiger partial charge in [-0.15, -0.1) is 0 Å². The van der Waals surface area contributed by atoms with Crippen molar-refractivity contribution in [1.82, 2.24) is 15.4 Å². The van der Waals surface area contributed by atoms with Crippen LogP contribution in [0.1, 0.15) is 34.3 Å². The van der Waals surface area contributed by atoms with Gasteiger partial charge in [0, 0.05) is 0 Å². The lowest BCUT2D eigenvalue weighted by atomic mass is 10.1. The van der Waals surface area contributed by atoms with Crippen LogP contribution >= 0.6 is 0 Å². The average Bonchev–Trinajstić information content (AvgIpc) is 3.07. The van der Waals surface area contributed by atoms with Crippen LogP contribution in [0.3, 0.4) is 0 Å². The molecule has 0 saturated heterocycles. The summed E-state index contributed by atoms with van der Waals surface area (Å²) in [6.07, 6.45) is 1.58. The topological polar surface area (TPSA) is 77.1 Å². The van der Waals surface area contributed by atoms with Crippen LogP contribution in [0.5, 0.6) is 5.75 Å². The van der Waals surface area contributed by atoms with Crippen LogP contribution in [0.25, 0.3) is 11.0 Å². The first-order valence-corrected chi connectivity index (χ1v) is 8.31. The number of aromatic nitrogens is 3. The van der Waals surface area contributed by atoms with Crippen molar-refractivity contribution in [3.05, 3.63) is 53.1 Å². The molecule has 25 heavy (non-hydrogen) atoms. The summed E-state index contributed by atoms with van der Waals surface area (Å²) < 4.78 is 11.1. The van der Waals surface area contributed by atoms with E-state index in [9.17, 15) is 4.79 Å². The summed E-state index contributed by atoms with van der Waals surface area (Å²) in [5, 5.41) is 10.4. The maximum Gasteiger partial charge on any atom is 0.338 e. The minimum Gasteiger partial charge on any atom is -0.493 e. The number of benzene rings is 2. The lowest BCUT2D eigenvalue weighted by Crippen LogP contribution is -2.08. The molecule has 1 heterocycles. The Labute approximate surface area is 146 Å². The van der Waals surface area contributed by atoms with E-state index in [0.29, 0.717) is 24.3 Å². The Morgan fingerprint density at radius 3 is 2.64 bits per heavy atom. The van der Waals surface area contributed by atoms with Gasteiger partial charge in [-0.25, -0.2) is 4.79 Å². The van der Waals surface area contributed by atoms with Gasteiger partial charge in [-0.05, 0) is 56.5 Å². The van der Waals surface area contributed by atoms with Gasteiger partial charge in [-0.1, -0.05) is 17.7 Å². The SMILES string of the molecule is Cc1ccc(OCCCCOC(=O)c2ccc3n[nH]nc3c2)c(C)c1. The number of nitrogens with one attached hydrogen (secondary N) is 1. The Morgan fingerprint density at radius 2 is 1.80 bits per heavy atom. The molecule has 0 fully saturated rings. The van der Waals surface area contributed by atoms with Crippen molar-refractivity contribution in [2.24, 2.45) is 0 Å². The number of unbranched alkanes of at least 4 members (excludes halogenated alkanes) is 1. The number of H-pyrrole nitrogens is 1. The maximum atomic E-state index is 12.0. The number of hydrogen-bond donors (Lipinski definition) is 1. The summed E-state index contributed by atoms with van der Waals surface area (Å²) in [5.74, 6) is 0.559. The Balaban J connectivity index is 1.38. The molecule has 6 nitrogen and oxygen atoms in total. The Morgan fingerprint density at radius 1 is 1.00 bits per heavy atom. The Hall–Kier alpha value is -2.89. The van der Waals surface area contributed by atoms with Gasteiger partial charge in [-0.2, -0.15) is 15.4 Å². The van der Waals surface area contributed by atoms with Gasteiger partial charge in [0.25, 0.3) is 0 Å². The highest BCUT2D eigenvalue weighted by Crippen LogP contribution is 2.19. The van der Waals surface area contributed by atoms with Crippen LogP contribution < -0.4 is 4.74 Å². The number of nitrogens with zero attached hydrogens (tertiary/aromatic N) is 2. The highest BCUT2D eigenvalue weighted by molar-refractivity contribution is 5.93. The molecule has 0 atom stereocenters. The normalized spacial score (nSPS) is 10.8. The third kappa shape index (κ3) is 4.35. The van der Waals surface area contributed by atoms with Crippen molar-refractivity contribution in [3.8, 4) is 5.75 Å². The largest absolute Gasteiger partial charge is 0.493 e. The van der Waals surface area contributed by atoms with E-state index in [1.165, 1.54) is 5.56 Å². The molecule has 0 radical (unpaired) electrons. The summed E-state index contributed by atoms with van der Waals surface area (Å²) in [6.45, 7) is 5.07. The van der Waals surface area contributed by atoms with Crippen molar-refractivity contribution in [3.63, 3.8) is 0 Å². The van der Waals surface area contributed by atoms with Gasteiger partial charge in [-0.3, -0.25) is 0 Å². The molecule has 130 valence electrons. The second-order valence-corrected chi connectivity index (χ2v) is 5.99. The number of carbonyl (C=O) groups excluding carboxylic acids is 1. The fraction of sp³-hybridized carbons (Fsp3) is 0.316. The van der Waals surface area contributed by atoms with Gasteiger partial charge >= 0.3 is 5.97 Å². The first-order chi connectivity index (χ1) is 12.1. The molecule has 1 aromatic heterocycles. The van der Waals surface area contributed by atoms with Crippen molar-refractivity contribution in [2.75, 3.05) is 13.2 Å². The predicted molar refractivity (Wildman–Crippen MR) is 94.8 cm³/mol. The van der Waals surface area contributed by atoms with Crippen LogP contribution in [0, 0.1) is 13.8 Å². The van der Waals surface area contributed by atoms with Crippen LogP contribution in [0.15, 0.2) is 36.4 Å². The average molecular weight is 339 g/mol. The number of rotatable bonds is 7. The fourth-order valence-electron chi connectivity index (χ4n) is 2.56.